The van der Waals surface area contributed by atoms with Gasteiger partial charge in [0.15, 0.2) is 16.6 Å². The van der Waals surface area contributed by atoms with Gasteiger partial charge in [-0.05, 0) is 67.2 Å². The summed E-state index contributed by atoms with van der Waals surface area (Å²) in [6.45, 7) is 3.05. The van der Waals surface area contributed by atoms with Gasteiger partial charge in [-0.15, -0.1) is 11.8 Å². The number of nitrogens with one attached hydrogen (secondary N) is 3. The Morgan fingerprint density at radius 3 is 2.24 bits per heavy atom. The fraction of sp³-hybridized carbons (Fsp3) is 0.133. The Balaban J connectivity index is 1.30. The number of amides is 1. The molecule has 1 aliphatic heterocycles. The van der Waals surface area contributed by atoms with Gasteiger partial charge >= 0.3 is 0 Å². The molecule has 0 fully saturated rings. The van der Waals surface area contributed by atoms with E-state index in [0.29, 0.717) is 35.5 Å². The molecule has 38 heavy (non-hydrogen) atoms. The SMILES string of the molecule is Cc1ccc(NC(=S)Nc2cccc(SC(C(=O)Nc3ccc4c(c3)OCCO4)c3ccccc3)c2)cc1. The van der Waals surface area contributed by atoms with Gasteiger partial charge in [0.2, 0.25) is 5.91 Å². The van der Waals surface area contributed by atoms with E-state index in [1.54, 1.807) is 6.07 Å². The minimum atomic E-state index is -0.475. The number of carbonyl (C=O) groups excluding carboxylic acids is 1. The van der Waals surface area contributed by atoms with Crippen molar-refractivity contribution in [2.24, 2.45) is 0 Å². The summed E-state index contributed by atoms with van der Waals surface area (Å²) in [6, 6.07) is 31.1. The van der Waals surface area contributed by atoms with Gasteiger partial charge in [-0.2, -0.15) is 0 Å². The molecule has 1 amide bonds. The van der Waals surface area contributed by atoms with Crippen molar-refractivity contribution < 1.29 is 14.3 Å². The summed E-state index contributed by atoms with van der Waals surface area (Å²) in [5.74, 6) is 1.18. The molecule has 3 N–H and O–H groups in total. The van der Waals surface area contributed by atoms with Crippen LogP contribution in [-0.2, 0) is 4.79 Å². The minimum Gasteiger partial charge on any atom is -0.486 e. The first-order valence-corrected chi connectivity index (χ1v) is 13.5. The van der Waals surface area contributed by atoms with Crippen LogP contribution in [0.1, 0.15) is 16.4 Å². The maximum absolute atomic E-state index is 13.5. The molecule has 0 radical (unpaired) electrons. The summed E-state index contributed by atoms with van der Waals surface area (Å²) >= 11 is 6.98. The number of hydrogen-bond acceptors (Lipinski definition) is 5. The van der Waals surface area contributed by atoms with Crippen molar-refractivity contribution in [1.29, 1.82) is 0 Å². The number of ether oxygens (including phenoxy) is 2. The van der Waals surface area contributed by atoms with Crippen molar-refractivity contribution in [2.45, 2.75) is 17.1 Å². The maximum atomic E-state index is 13.5. The third-order valence-electron chi connectivity index (χ3n) is 5.81. The zero-order valence-electron chi connectivity index (χ0n) is 20.8. The highest BCUT2D eigenvalue weighted by Crippen LogP contribution is 2.38. The van der Waals surface area contributed by atoms with Crippen LogP contribution in [0.2, 0.25) is 0 Å². The number of rotatable bonds is 7. The van der Waals surface area contributed by atoms with Crippen LogP contribution in [0, 0.1) is 6.92 Å². The Labute approximate surface area is 231 Å². The van der Waals surface area contributed by atoms with E-state index in [2.05, 4.69) is 16.0 Å². The quantitative estimate of drug-likeness (QED) is 0.171. The van der Waals surface area contributed by atoms with Crippen molar-refractivity contribution in [3.8, 4) is 11.5 Å². The predicted octanol–water partition coefficient (Wildman–Crippen LogP) is 7.05. The fourth-order valence-corrected chi connectivity index (χ4v) is 5.26. The number of carbonyl (C=O) groups is 1. The Kier molecular flexibility index (Phi) is 8.11. The molecular formula is C30H27N3O3S2. The Bertz CT molecular complexity index is 1430. The monoisotopic (exact) mass is 541 g/mol. The first-order valence-electron chi connectivity index (χ1n) is 12.2. The van der Waals surface area contributed by atoms with Gasteiger partial charge < -0.3 is 25.4 Å². The molecule has 0 saturated carbocycles. The van der Waals surface area contributed by atoms with E-state index in [4.69, 9.17) is 21.7 Å². The number of anilines is 3. The second kappa shape index (κ2) is 12.0. The van der Waals surface area contributed by atoms with Crippen molar-refractivity contribution in [3.63, 3.8) is 0 Å². The van der Waals surface area contributed by atoms with E-state index in [1.807, 2.05) is 97.9 Å². The molecule has 4 aromatic rings. The second-order valence-corrected chi connectivity index (χ2v) is 10.3. The molecule has 0 aromatic heterocycles. The summed E-state index contributed by atoms with van der Waals surface area (Å²) in [5.41, 5.74) is 4.49. The van der Waals surface area contributed by atoms with Gasteiger partial charge in [-0.1, -0.05) is 54.1 Å². The Morgan fingerprint density at radius 2 is 1.45 bits per heavy atom. The van der Waals surface area contributed by atoms with Crippen LogP contribution in [0.5, 0.6) is 11.5 Å². The average Bonchev–Trinajstić information content (AvgIpc) is 2.93. The first-order chi connectivity index (χ1) is 18.5. The molecule has 6 nitrogen and oxygen atoms in total. The lowest BCUT2D eigenvalue weighted by molar-refractivity contribution is -0.115. The zero-order valence-corrected chi connectivity index (χ0v) is 22.4. The summed E-state index contributed by atoms with van der Waals surface area (Å²) in [6.07, 6.45) is 0. The zero-order chi connectivity index (χ0) is 26.3. The lowest BCUT2D eigenvalue weighted by atomic mass is 10.1. The highest BCUT2D eigenvalue weighted by molar-refractivity contribution is 8.00. The average molecular weight is 542 g/mol. The number of fused-ring (bicyclic) bond motifs is 1. The number of thioether (sulfide) groups is 1. The maximum Gasteiger partial charge on any atom is 0.242 e. The molecule has 8 heteroatoms. The molecule has 1 heterocycles. The Morgan fingerprint density at radius 1 is 0.763 bits per heavy atom. The predicted molar refractivity (Wildman–Crippen MR) is 159 cm³/mol. The molecule has 1 aliphatic rings. The van der Waals surface area contributed by atoms with Crippen molar-refractivity contribution in [3.05, 3.63) is 108 Å². The van der Waals surface area contributed by atoms with Gasteiger partial charge in [0.1, 0.15) is 18.5 Å². The van der Waals surface area contributed by atoms with Gasteiger partial charge in [0, 0.05) is 28.0 Å². The Hall–Kier alpha value is -4.01. The molecule has 0 spiro atoms. The van der Waals surface area contributed by atoms with E-state index in [9.17, 15) is 4.79 Å². The number of thiocarbonyl (C=S) groups is 1. The molecule has 0 saturated heterocycles. The highest BCUT2D eigenvalue weighted by atomic mass is 32.2. The van der Waals surface area contributed by atoms with E-state index in [1.165, 1.54) is 17.3 Å². The van der Waals surface area contributed by atoms with E-state index in [0.717, 1.165) is 21.8 Å². The van der Waals surface area contributed by atoms with Crippen LogP contribution in [-0.4, -0.2) is 24.2 Å². The molecule has 0 aliphatic carbocycles. The second-order valence-electron chi connectivity index (χ2n) is 8.73. The molecule has 1 unspecified atom stereocenters. The lowest BCUT2D eigenvalue weighted by Gasteiger charge is -2.20. The van der Waals surface area contributed by atoms with Crippen molar-refractivity contribution >= 4 is 52.1 Å². The largest absolute Gasteiger partial charge is 0.486 e. The topological polar surface area (TPSA) is 71.6 Å². The van der Waals surface area contributed by atoms with E-state index in [-0.39, 0.29) is 5.91 Å². The van der Waals surface area contributed by atoms with Gasteiger partial charge in [-0.3, -0.25) is 4.79 Å². The van der Waals surface area contributed by atoms with Crippen LogP contribution in [0.15, 0.2) is 102 Å². The molecule has 0 bridgehead atoms. The fourth-order valence-electron chi connectivity index (χ4n) is 3.94. The molecule has 5 rings (SSSR count). The summed E-state index contributed by atoms with van der Waals surface area (Å²) in [4.78, 5) is 14.5. The molecule has 4 aromatic carbocycles. The van der Waals surface area contributed by atoms with Crippen LogP contribution < -0.4 is 25.4 Å². The number of hydrogen-bond donors (Lipinski definition) is 3. The minimum absolute atomic E-state index is 0.132. The third-order valence-corrected chi connectivity index (χ3v) is 7.26. The van der Waals surface area contributed by atoms with Crippen molar-refractivity contribution in [1.82, 2.24) is 0 Å². The van der Waals surface area contributed by atoms with Gasteiger partial charge in [0.25, 0.3) is 0 Å². The standard InChI is InChI=1S/C30H27N3O3S2/c1-20-10-12-22(13-11-20)32-30(37)33-23-8-5-9-25(18-23)38-28(21-6-3-2-4-7-21)29(34)31-24-14-15-26-27(19-24)36-17-16-35-26/h2-15,18-19,28H,16-17H2,1H3,(H,31,34)(H2,32,33,37). The molecule has 192 valence electrons. The van der Waals surface area contributed by atoms with Gasteiger partial charge in [0.05, 0.1) is 0 Å². The number of benzene rings is 4. The highest BCUT2D eigenvalue weighted by Gasteiger charge is 2.23. The van der Waals surface area contributed by atoms with Crippen LogP contribution in [0.25, 0.3) is 0 Å². The summed E-state index contributed by atoms with van der Waals surface area (Å²) in [5, 5.41) is 9.50. The smallest absolute Gasteiger partial charge is 0.242 e. The van der Waals surface area contributed by atoms with Gasteiger partial charge in [-0.25, -0.2) is 0 Å². The molecular weight excluding hydrogens is 514 g/mol. The summed E-state index contributed by atoms with van der Waals surface area (Å²) in [7, 11) is 0. The summed E-state index contributed by atoms with van der Waals surface area (Å²) < 4.78 is 11.3. The van der Waals surface area contributed by atoms with E-state index < -0.39 is 5.25 Å². The molecule has 1 atom stereocenters. The van der Waals surface area contributed by atoms with E-state index >= 15 is 0 Å². The lowest BCUT2D eigenvalue weighted by Crippen LogP contribution is -2.20. The van der Waals surface area contributed by atoms with Crippen LogP contribution in [0.4, 0.5) is 17.1 Å². The third kappa shape index (κ3) is 6.65. The van der Waals surface area contributed by atoms with Crippen molar-refractivity contribution in [2.75, 3.05) is 29.2 Å². The first kappa shape index (κ1) is 25.6. The van der Waals surface area contributed by atoms with Crippen LogP contribution in [0.3, 0.4) is 0 Å². The number of aryl methyl sites for hydroxylation is 1. The normalized spacial score (nSPS) is 12.8. The van der Waals surface area contributed by atoms with Crippen LogP contribution >= 0.6 is 24.0 Å².